The molecule has 0 atom stereocenters. The van der Waals surface area contributed by atoms with Crippen LogP contribution in [-0.2, 0) is 12.8 Å². The van der Waals surface area contributed by atoms with E-state index in [1.165, 1.54) is 5.56 Å². The van der Waals surface area contributed by atoms with Gasteiger partial charge in [0, 0.05) is 18.6 Å². The van der Waals surface area contributed by atoms with Gasteiger partial charge < -0.3 is 4.40 Å². The van der Waals surface area contributed by atoms with Crippen molar-refractivity contribution in [2.24, 2.45) is 0 Å². The number of aromatic nitrogens is 2. The Labute approximate surface area is 111 Å². The molecule has 0 aliphatic carbocycles. The van der Waals surface area contributed by atoms with E-state index in [1.54, 1.807) is 0 Å². The molecule has 0 spiro atoms. The summed E-state index contributed by atoms with van der Waals surface area (Å²) in [6, 6.07) is 12.4. The van der Waals surface area contributed by atoms with E-state index in [-0.39, 0.29) is 0 Å². The van der Waals surface area contributed by atoms with Gasteiger partial charge in [-0.25, -0.2) is 0 Å². The summed E-state index contributed by atoms with van der Waals surface area (Å²) in [5.41, 5.74) is 3.52. The van der Waals surface area contributed by atoms with Gasteiger partial charge >= 0.3 is 0 Å². The summed E-state index contributed by atoms with van der Waals surface area (Å²) in [5, 5.41) is 0.754. The highest BCUT2D eigenvalue weighted by Gasteiger charge is 2.05. The third-order valence-corrected chi connectivity index (χ3v) is 3.27. The second kappa shape index (κ2) is 4.83. The molecule has 2 nitrogen and oxygen atoms in total. The highest BCUT2D eigenvalue weighted by Crippen LogP contribution is 2.18. The van der Waals surface area contributed by atoms with Crippen LogP contribution >= 0.6 is 11.6 Å². The summed E-state index contributed by atoms with van der Waals surface area (Å²) < 4.78 is 2.02. The lowest BCUT2D eigenvalue weighted by molar-refractivity contribution is 0.907. The molecule has 90 valence electrons. The largest absolute Gasteiger partial charge is 0.319 e. The van der Waals surface area contributed by atoms with Gasteiger partial charge in [-0.2, -0.15) is 0 Å². The Morgan fingerprint density at radius 2 is 1.94 bits per heavy atom. The Morgan fingerprint density at radius 3 is 2.78 bits per heavy atom. The van der Waals surface area contributed by atoms with Crippen LogP contribution in [-0.4, -0.2) is 9.38 Å². The number of aryl methyl sites for hydroxylation is 2. The van der Waals surface area contributed by atoms with Crippen molar-refractivity contribution in [3.05, 3.63) is 71.3 Å². The normalized spacial score (nSPS) is 10.9. The maximum atomic E-state index is 6.02. The Balaban J connectivity index is 1.86. The second-order valence-corrected chi connectivity index (χ2v) is 4.75. The van der Waals surface area contributed by atoms with Gasteiger partial charge in [0.1, 0.15) is 0 Å². The lowest BCUT2D eigenvalue weighted by atomic mass is 10.1. The van der Waals surface area contributed by atoms with Gasteiger partial charge in [-0.15, -0.1) is 0 Å². The standard InChI is InChI=1S/C15H13ClN2/c16-13-10-15-14(17-8-9-18(15)11-13)7-6-12-4-2-1-3-5-12/h1-5,8-11H,6-7H2. The third kappa shape index (κ3) is 2.24. The Morgan fingerprint density at radius 1 is 1.11 bits per heavy atom. The quantitative estimate of drug-likeness (QED) is 0.697. The van der Waals surface area contributed by atoms with E-state index < -0.39 is 0 Å². The molecule has 0 N–H and O–H groups in total. The van der Waals surface area contributed by atoms with Crippen LogP contribution in [0.4, 0.5) is 0 Å². The minimum absolute atomic E-state index is 0.754. The molecule has 0 aliphatic heterocycles. The number of fused-ring (bicyclic) bond motifs is 1. The summed E-state index contributed by atoms with van der Waals surface area (Å²) in [6.07, 6.45) is 7.58. The first-order chi connectivity index (χ1) is 8.83. The SMILES string of the molecule is Clc1cc2c(CCc3ccccc3)nccn2c1. The monoisotopic (exact) mass is 256 g/mol. The van der Waals surface area contributed by atoms with E-state index >= 15 is 0 Å². The fourth-order valence-electron chi connectivity index (χ4n) is 2.16. The zero-order chi connectivity index (χ0) is 12.4. The van der Waals surface area contributed by atoms with Crippen LogP contribution in [0.15, 0.2) is 55.0 Å². The lowest BCUT2D eigenvalue weighted by Crippen LogP contribution is -1.97. The van der Waals surface area contributed by atoms with E-state index in [0.29, 0.717) is 0 Å². The number of hydrogen-bond acceptors (Lipinski definition) is 1. The van der Waals surface area contributed by atoms with Crippen molar-refractivity contribution in [2.75, 3.05) is 0 Å². The molecule has 3 rings (SSSR count). The van der Waals surface area contributed by atoms with Crippen LogP contribution in [0.2, 0.25) is 5.02 Å². The van der Waals surface area contributed by atoms with E-state index in [1.807, 2.05) is 35.1 Å². The number of nitrogens with zero attached hydrogens (tertiary/aromatic N) is 2. The maximum absolute atomic E-state index is 6.02. The van der Waals surface area contributed by atoms with Crippen LogP contribution in [0, 0.1) is 0 Å². The Hall–Kier alpha value is -1.80. The second-order valence-electron chi connectivity index (χ2n) is 4.31. The highest BCUT2D eigenvalue weighted by atomic mass is 35.5. The molecule has 3 heteroatoms. The first kappa shape index (κ1) is 11.3. The van der Waals surface area contributed by atoms with Crippen molar-refractivity contribution in [2.45, 2.75) is 12.8 Å². The first-order valence-corrected chi connectivity index (χ1v) is 6.36. The molecule has 0 unspecified atom stereocenters. The van der Waals surface area contributed by atoms with E-state index in [9.17, 15) is 0 Å². The molecule has 0 amide bonds. The molecular weight excluding hydrogens is 244 g/mol. The van der Waals surface area contributed by atoms with Crippen LogP contribution in [0.5, 0.6) is 0 Å². The zero-order valence-electron chi connectivity index (χ0n) is 9.88. The molecule has 2 aromatic heterocycles. The zero-order valence-corrected chi connectivity index (χ0v) is 10.6. The first-order valence-electron chi connectivity index (χ1n) is 5.98. The van der Waals surface area contributed by atoms with Crippen molar-refractivity contribution in [1.29, 1.82) is 0 Å². The summed E-state index contributed by atoms with van der Waals surface area (Å²) in [7, 11) is 0. The topological polar surface area (TPSA) is 17.3 Å². The molecule has 0 saturated heterocycles. The molecule has 18 heavy (non-hydrogen) atoms. The number of hydrogen-bond donors (Lipinski definition) is 0. The summed E-state index contributed by atoms with van der Waals surface area (Å²) in [4.78, 5) is 4.46. The van der Waals surface area contributed by atoms with Crippen molar-refractivity contribution in [1.82, 2.24) is 9.38 Å². The summed E-state index contributed by atoms with van der Waals surface area (Å²) in [6.45, 7) is 0. The molecular formula is C15H13ClN2. The van der Waals surface area contributed by atoms with E-state index in [2.05, 4.69) is 29.2 Å². The van der Waals surface area contributed by atoms with Gasteiger partial charge in [0.25, 0.3) is 0 Å². The van der Waals surface area contributed by atoms with Crippen molar-refractivity contribution in [3.8, 4) is 0 Å². The van der Waals surface area contributed by atoms with Crippen molar-refractivity contribution < 1.29 is 0 Å². The minimum Gasteiger partial charge on any atom is -0.319 e. The fourth-order valence-corrected chi connectivity index (χ4v) is 2.37. The van der Waals surface area contributed by atoms with Gasteiger partial charge in [0.15, 0.2) is 0 Å². The van der Waals surface area contributed by atoms with Crippen LogP contribution in [0.1, 0.15) is 11.3 Å². The van der Waals surface area contributed by atoms with Crippen LogP contribution < -0.4 is 0 Å². The molecule has 2 heterocycles. The van der Waals surface area contributed by atoms with Crippen molar-refractivity contribution >= 4 is 17.1 Å². The lowest BCUT2D eigenvalue weighted by Gasteiger charge is -2.03. The van der Waals surface area contributed by atoms with Gasteiger partial charge in [0.2, 0.25) is 0 Å². The minimum atomic E-state index is 0.754. The maximum Gasteiger partial charge on any atom is 0.0682 e. The van der Waals surface area contributed by atoms with Gasteiger partial charge in [0.05, 0.1) is 16.2 Å². The number of benzene rings is 1. The molecule has 1 aromatic carbocycles. The third-order valence-electron chi connectivity index (χ3n) is 3.06. The molecule has 0 radical (unpaired) electrons. The molecule has 3 aromatic rings. The van der Waals surface area contributed by atoms with Crippen LogP contribution in [0.25, 0.3) is 5.52 Å². The fraction of sp³-hybridized carbons (Fsp3) is 0.133. The van der Waals surface area contributed by atoms with E-state index in [0.717, 1.165) is 29.1 Å². The molecule has 0 aliphatic rings. The molecule has 0 saturated carbocycles. The predicted octanol–water partition coefficient (Wildman–Crippen LogP) is 3.77. The van der Waals surface area contributed by atoms with Gasteiger partial charge in [-0.05, 0) is 24.5 Å². The van der Waals surface area contributed by atoms with Gasteiger partial charge in [-0.1, -0.05) is 41.9 Å². The molecule has 0 fully saturated rings. The average Bonchev–Trinajstić information content (AvgIpc) is 2.78. The number of halogens is 1. The summed E-state index contributed by atoms with van der Waals surface area (Å²) in [5.74, 6) is 0. The predicted molar refractivity (Wildman–Crippen MR) is 74.1 cm³/mol. The highest BCUT2D eigenvalue weighted by molar-refractivity contribution is 6.31. The Kier molecular flexibility index (Phi) is 3.03. The Bertz CT molecular complexity index is 659. The molecule has 0 bridgehead atoms. The summed E-state index contributed by atoms with van der Waals surface area (Å²) >= 11 is 6.02. The van der Waals surface area contributed by atoms with Crippen molar-refractivity contribution in [3.63, 3.8) is 0 Å². The van der Waals surface area contributed by atoms with Gasteiger partial charge in [-0.3, -0.25) is 4.98 Å². The average molecular weight is 257 g/mol. The number of rotatable bonds is 3. The van der Waals surface area contributed by atoms with Crippen LogP contribution in [0.3, 0.4) is 0 Å². The van der Waals surface area contributed by atoms with E-state index in [4.69, 9.17) is 11.6 Å². The smallest absolute Gasteiger partial charge is 0.0682 e.